The minimum Gasteiger partial charge on any atom is -0.489 e. The summed E-state index contributed by atoms with van der Waals surface area (Å²) in [6, 6.07) is 8.37. The topological polar surface area (TPSA) is 87.9 Å². The Kier molecular flexibility index (Phi) is 5.26. The lowest BCUT2D eigenvalue weighted by molar-refractivity contribution is -0.164. The summed E-state index contributed by atoms with van der Waals surface area (Å²) in [5.41, 5.74) is -0.242. The van der Waals surface area contributed by atoms with Gasteiger partial charge in [-0.05, 0) is 18.2 Å². The average Bonchev–Trinajstić information content (AvgIpc) is 2.64. The molecule has 1 aromatic carbocycles. The van der Waals surface area contributed by atoms with Crippen molar-refractivity contribution >= 4 is 29.1 Å². The zero-order chi connectivity index (χ0) is 20.7. The maximum Gasteiger partial charge on any atom is 0.273 e. The molecule has 2 aromatic rings. The summed E-state index contributed by atoms with van der Waals surface area (Å²) < 4.78 is 6.20. The van der Waals surface area contributed by atoms with E-state index in [1.54, 1.807) is 18.2 Å². The van der Waals surface area contributed by atoms with Crippen LogP contribution in [0.4, 0.5) is 0 Å². The van der Waals surface area contributed by atoms with Crippen molar-refractivity contribution in [2.24, 2.45) is 10.8 Å². The van der Waals surface area contributed by atoms with E-state index < -0.39 is 0 Å². The van der Waals surface area contributed by atoms with Gasteiger partial charge in [0.05, 0.1) is 21.8 Å². The van der Waals surface area contributed by atoms with Crippen molar-refractivity contribution in [3.8, 4) is 11.8 Å². The normalized spacial score (nSPS) is 21.9. The van der Waals surface area contributed by atoms with Crippen LogP contribution in [0.3, 0.4) is 0 Å². The number of amides is 1. The standard InChI is InChI=1S/C20H20Cl2N4O2/c1-19(2)17(25-16(27)15-13(21)7-8-24-26-15)20(3,4)18(19)28-12-6-5-11(10-23)14(22)9-12/h5-9,17-18H,1-4H3,(H,25,27). The molecule has 0 aliphatic heterocycles. The third kappa shape index (κ3) is 3.41. The van der Waals surface area contributed by atoms with E-state index in [9.17, 15) is 4.79 Å². The number of hydrogen-bond acceptors (Lipinski definition) is 5. The first-order valence-corrected chi connectivity index (χ1v) is 9.49. The fourth-order valence-corrected chi connectivity index (χ4v) is 4.66. The van der Waals surface area contributed by atoms with E-state index in [2.05, 4.69) is 15.5 Å². The molecule has 1 aliphatic carbocycles. The monoisotopic (exact) mass is 418 g/mol. The van der Waals surface area contributed by atoms with Crippen LogP contribution < -0.4 is 10.1 Å². The molecule has 0 spiro atoms. The maximum absolute atomic E-state index is 12.6. The Balaban J connectivity index is 1.78. The second-order valence-corrected chi connectivity index (χ2v) is 8.84. The second kappa shape index (κ2) is 7.23. The second-order valence-electron chi connectivity index (χ2n) is 8.03. The number of benzene rings is 1. The number of hydrogen-bond donors (Lipinski definition) is 1. The molecule has 1 aliphatic rings. The number of nitrogens with zero attached hydrogens (tertiary/aromatic N) is 3. The van der Waals surface area contributed by atoms with E-state index in [1.165, 1.54) is 12.3 Å². The maximum atomic E-state index is 12.6. The summed E-state index contributed by atoms with van der Waals surface area (Å²) >= 11 is 12.2. The number of ether oxygens (including phenoxy) is 1. The zero-order valence-electron chi connectivity index (χ0n) is 16.0. The van der Waals surface area contributed by atoms with Crippen LogP contribution in [-0.2, 0) is 0 Å². The highest BCUT2D eigenvalue weighted by atomic mass is 35.5. The van der Waals surface area contributed by atoms with Gasteiger partial charge in [0, 0.05) is 22.9 Å². The third-order valence-corrected chi connectivity index (χ3v) is 5.93. The number of carbonyl (C=O) groups excluding carboxylic acids is 1. The minimum absolute atomic E-state index is 0.0963. The molecular formula is C20H20Cl2N4O2. The molecule has 0 unspecified atom stereocenters. The van der Waals surface area contributed by atoms with Crippen LogP contribution in [-0.4, -0.2) is 28.3 Å². The highest BCUT2D eigenvalue weighted by Crippen LogP contribution is 2.55. The molecule has 1 amide bonds. The minimum atomic E-state index is -0.371. The van der Waals surface area contributed by atoms with Crippen molar-refractivity contribution in [2.45, 2.75) is 39.8 Å². The van der Waals surface area contributed by atoms with Gasteiger partial charge in [-0.1, -0.05) is 50.9 Å². The van der Waals surface area contributed by atoms with Crippen molar-refractivity contribution in [1.82, 2.24) is 15.5 Å². The molecule has 1 aromatic heterocycles. The van der Waals surface area contributed by atoms with E-state index in [1.807, 2.05) is 33.8 Å². The lowest BCUT2D eigenvalue weighted by Gasteiger charge is -2.63. The first-order valence-electron chi connectivity index (χ1n) is 8.73. The predicted octanol–water partition coefficient (Wildman–Crippen LogP) is 4.27. The number of rotatable bonds is 4. The molecule has 3 rings (SSSR count). The Labute approximate surface area is 173 Å². The van der Waals surface area contributed by atoms with Crippen molar-refractivity contribution in [3.05, 3.63) is 51.8 Å². The summed E-state index contributed by atoms with van der Waals surface area (Å²) in [4.78, 5) is 12.6. The predicted molar refractivity (Wildman–Crippen MR) is 106 cm³/mol. The Morgan fingerprint density at radius 2 is 1.86 bits per heavy atom. The lowest BCUT2D eigenvalue weighted by Crippen LogP contribution is -2.74. The molecule has 6 nitrogen and oxygen atoms in total. The van der Waals surface area contributed by atoms with Crippen LogP contribution in [0, 0.1) is 22.2 Å². The summed E-state index contributed by atoms with van der Waals surface area (Å²) in [5, 5.41) is 20.2. The summed E-state index contributed by atoms with van der Waals surface area (Å²) in [6.45, 7) is 8.10. The van der Waals surface area contributed by atoms with E-state index in [-0.39, 0.29) is 39.6 Å². The molecule has 0 radical (unpaired) electrons. The molecule has 0 bridgehead atoms. The molecule has 1 N–H and O–H groups in total. The molecule has 28 heavy (non-hydrogen) atoms. The first-order chi connectivity index (χ1) is 13.1. The van der Waals surface area contributed by atoms with Crippen LogP contribution in [0.5, 0.6) is 5.75 Å². The SMILES string of the molecule is CC1(C)C(NC(=O)c2nnccc2Cl)C(C)(C)C1Oc1ccc(C#N)c(Cl)c1. The molecule has 1 fully saturated rings. The quantitative estimate of drug-likeness (QED) is 0.800. The van der Waals surface area contributed by atoms with Gasteiger partial charge in [-0.3, -0.25) is 4.79 Å². The van der Waals surface area contributed by atoms with E-state index in [0.717, 1.165) is 0 Å². The number of halogens is 2. The van der Waals surface area contributed by atoms with Crippen LogP contribution in [0.25, 0.3) is 0 Å². The highest BCUT2D eigenvalue weighted by molar-refractivity contribution is 6.33. The van der Waals surface area contributed by atoms with Gasteiger partial charge < -0.3 is 10.1 Å². The van der Waals surface area contributed by atoms with Gasteiger partial charge in [0.2, 0.25) is 0 Å². The van der Waals surface area contributed by atoms with Crippen LogP contribution in [0.1, 0.15) is 43.7 Å². The molecule has 1 saturated carbocycles. The van der Waals surface area contributed by atoms with Gasteiger partial charge in [0.1, 0.15) is 17.9 Å². The highest BCUT2D eigenvalue weighted by Gasteiger charge is 2.64. The van der Waals surface area contributed by atoms with Crippen molar-refractivity contribution in [1.29, 1.82) is 5.26 Å². The zero-order valence-corrected chi connectivity index (χ0v) is 17.5. The first kappa shape index (κ1) is 20.4. The van der Waals surface area contributed by atoms with Gasteiger partial charge in [-0.2, -0.15) is 10.4 Å². The summed E-state index contributed by atoms with van der Waals surface area (Å²) in [7, 11) is 0. The Bertz CT molecular complexity index is 953. The van der Waals surface area contributed by atoms with Gasteiger partial charge in [0.15, 0.2) is 5.69 Å². The number of nitriles is 1. The average molecular weight is 419 g/mol. The van der Waals surface area contributed by atoms with Gasteiger partial charge in [-0.25, -0.2) is 0 Å². The molecule has 8 heteroatoms. The summed E-state index contributed by atoms with van der Waals surface area (Å²) in [5.74, 6) is 0.209. The van der Waals surface area contributed by atoms with Crippen molar-refractivity contribution < 1.29 is 9.53 Å². The van der Waals surface area contributed by atoms with Gasteiger partial charge in [0.25, 0.3) is 5.91 Å². The summed E-state index contributed by atoms with van der Waals surface area (Å²) in [6.07, 6.45) is 1.25. The van der Waals surface area contributed by atoms with Gasteiger partial charge in [-0.15, -0.1) is 5.10 Å². The Morgan fingerprint density at radius 1 is 1.18 bits per heavy atom. The van der Waals surface area contributed by atoms with Gasteiger partial charge >= 0.3 is 0 Å². The molecule has 0 saturated heterocycles. The number of aromatic nitrogens is 2. The molecule has 146 valence electrons. The largest absolute Gasteiger partial charge is 0.489 e. The number of nitrogens with one attached hydrogen (secondary N) is 1. The van der Waals surface area contributed by atoms with Crippen LogP contribution in [0.15, 0.2) is 30.5 Å². The molecule has 0 atom stereocenters. The fourth-order valence-electron chi connectivity index (χ4n) is 4.27. The molecule has 1 heterocycles. The van der Waals surface area contributed by atoms with Crippen molar-refractivity contribution in [2.75, 3.05) is 0 Å². The van der Waals surface area contributed by atoms with E-state index >= 15 is 0 Å². The van der Waals surface area contributed by atoms with E-state index in [0.29, 0.717) is 16.3 Å². The van der Waals surface area contributed by atoms with Crippen molar-refractivity contribution in [3.63, 3.8) is 0 Å². The third-order valence-electron chi connectivity index (χ3n) is 5.32. The van der Waals surface area contributed by atoms with Crippen LogP contribution in [0.2, 0.25) is 10.0 Å². The Morgan fingerprint density at radius 3 is 2.43 bits per heavy atom. The van der Waals surface area contributed by atoms with Crippen LogP contribution >= 0.6 is 23.2 Å². The molecular weight excluding hydrogens is 399 g/mol. The Hall–Kier alpha value is -2.36. The lowest BCUT2D eigenvalue weighted by atomic mass is 9.49. The fraction of sp³-hybridized carbons (Fsp3) is 0.400. The van der Waals surface area contributed by atoms with E-state index in [4.69, 9.17) is 33.2 Å². The smallest absolute Gasteiger partial charge is 0.273 e. The number of carbonyl (C=O) groups is 1.